The van der Waals surface area contributed by atoms with E-state index in [-0.39, 0.29) is 36.1 Å². The van der Waals surface area contributed by atoms with E-state index in [0.717, 1.165) is 28.6 Å². The van der Waals surface area contributed by atoms with Crippen molar-refractivity contribution in [3.63, 3.8) is 0 Å². The van der Waals surface area contributed by atoms with Gasteiger partial charge in [0.1, 0.15) is 0 Å². The van der Waals surface area contributed by atoms with Crippen molar-refractivity contribution in [3.05, 3.63) is 28.7 Å². The molecule has 2 rings (SSSR count). The Bertz CT molecular complexity index is 778. The van der Waals surface area contributed by atoms with Crippen molar-refractivity contribution < 1.29 is 23.9 Å². The summed E-state index contributed by atoms with van der Waals surface area (Å²) >= 11 is 0.888. The van der Waals surface area contributed by atoms with Gasteiger partial charge in [0, 0.05) is 19.0 Å². The lowest BCUT2D eigenvalue weighted by Crippen LogP contribution is -2.38. The van der Waals surface area contributed by atoms with Gasteiger partial charge in [-0.05, 0) is 48.9 Å². The lowest BCUT2D eigenvalue weighted by Gasteiger charge is -2.14. The normalized spacial score (nSPS) is 16.4. The second-order valence-corrected chi connectivity index (χ2v) is 7.27. The Kier molecular flexibility index (Phi) is 7.92. The quantitative estimate of drug-likeness (QED) is 0.634. The van der Waals surface area contributed by atoms with Crippen LogP contribution in [0, 0.1) is 5.92 Å². The molecule has 1 heterocycles. The highest BCUT2D eigenvalue weighted by atomic mass is 32.2. The SMILES string of the molecule is CCOc1ccc(/C=C2/SC(=O)N(CCNC(=O)[C@H](C)CC)C2=O)cc1OC. The number of ether oxygens (including phenoxy) is 2. The summed E-state index contributed by atoms with van der Waals surface area (Å²) in [7, 11) is 1.54. The van der Waals surface area contributed by atoms with Crippen molar-refractivity contribution in [1.82, 2.24) is 10.2 Å². The second-order valence-electron chi connectivity index (χ2n) is 6.28. The molecule has 1 saturated heterocycles. The van der Waals surface area contributed by atoms with E-state index < -0.39 is 0 Å². The number of carbonyl (C=O) groups excluding carboxylic acids is 3. The van der Waals surface area contributed by atoms with Crippen LogP contribution in [0.15, 0.2) is 23.1 Å². The van der Waals surface area contributed by atoms with Gasteiger partial charge in [-0.25, -0.2) is 0 Å². The van der Waals surface area contributed by atoms with Crippen LogP contribution in [0.5, 0.6) is 11.5 Å². The first-order valence-corrected chi connectivity index (χ1v) is 10.1. The van der Waals surface area contributed by atoms with Gasteiger partial charge in [0.2, 0.25) is 5.91 Å². The summed E-state index contributed by atoms with van der Waals surface area (Å²) in [5.41, 5.74) is 0.732. The molecule has 0 spiro atoms. The fourth-order valence-corrected chi connectivity index (χ4v) is 3.41. The van der Waals surface area contributed by atoms with Crippen LogP contribution in [0.4, 0.5) is 4.79 Å². The molecule has 152 valence electrons. The van der Waals surface area contributed by atoms with Gasteiger partial charge in [-0.1, -0.05) is 19.9 Å². The van der Waals surface area contributed by atoms with Gasteiger partial charge in [0.15, 0.2) is 11.5 Å². The minimum absolute atomic E-state index is 0.0773. The molecule has 1 fully saturated rings. The van der Waals surface area contributed by atoms with E-state index in [1.165, 1.54) is 0 Å². The van der Waals surface area contributed by atoms with E-state index >= 15 is 0 Å². The highest BCUT2D eigenvalue weighted by Crippen LogP contribution is 2.34. The zero-order valence-corrected chi connectivity index (χ0v) is 17.4. The molecule has 0 bridgehead atoms. The third-order valence-electron chi connectivity index (χ3n) is 4.35. The second kappa shape index (κ2) is 10.2. The number of nitrogens with one attached hydrogen (secondary N) is 1. The average molecular weight is 407 g/mol. The molecule has 1 aliphatic heterocycles. The van der Waals surface area contributed by atoms with E-state index in [0.29, 0.717) is 23.0 Å². The van der Waals surface area contributed by atoms with Crippen molar-refractivity contribution >= 4 is 34.9 Å². The molecule has 7 nitrogen and oxygen atoms in total. The maximum Gasteiger partial charge on any atom is 0.293 e. The zero-order chi connectivity index (χ0) is 20.7. The summed E-state index contributed by atoms with van der Waals surface area (Å²) in [5.74, 6) is 0.645. The van der Waals surface area contributed by atoms with Gasteiger partial charge >= 0.3 is 0 Å². The lowest BCUT2D eigenvalue weighted by molar-refractivity contribution is -0.126. The first-order chi connectivity index (χ1) is 13.4. The van der Waals surface area contributed by atoms with Gasteiger partial charge in [-0.15, -0.1) is 0 Å². The molecule has 1 aliphatic rings. The number of nitrogens with zero attached hydrogens (tertiary/aromatic N) is 1. The van der Waals surface area contributed by atoms with E-state index in [4.69, 9.17) is 9.47 Å². The van der Waals surface area contributed by atoms with Crippen LogP contribution in [-0.4, -0.2) is 48.8 Å². The van der Waals surface area contributed by atoms with Gasteiger partial charge in [0.25, 0.3) is 11.1 Å². The van der Waals surface area contributed by atoms with Crippen LogP contribution in [0.1, 0.15) is 32.8 Å². The van der Waals surface area contributed by atoms with Crippen molar-refractivity contribution in [1.29, 1.82) is 0 Å². The minimum atomic E-state index is -0.361. The van der Waals surface area contributed by atoms with Crippen molar-refractivity contribution in [2.75, 3.05) is 26.8 Å². The van der Waals surface area contributed by atoms with Gasteiger partial charge in [-0.3, -0.25) is 19.3 Å². The Balaban J connectivity index is 2.05. The smallest absolute Gasteiger partial charge is 0.293 e. The zero-order valence-electron chi connectivity index (χ0n) is 16.6. The van der Waals surface area contributed by atoms with Crippen LogP contribution in [0.2, 0.25) is 0 Å². The summed E-state index contributed by atoms with van der Waals surface area (Å²) < 4.78 is 10.8. The number of carbonyl (C=O) groups is 3. The van der Waals surface area contributed by atoms with Crippen LogP contribution >= 0.6 is 11.8 Å². The molecule has 0 unspecified atom stereocenters. The topological polar surface area (TPSA) is 84.9 Å². The molecule has 8 heteroatoms. The predicted octanol–water partition coefficient (Wildman–Crippen LogP) is 3.29. The number of hydrogen-bond acceptors (Lipinski definition) is 6. The molecule has 1 atom stereocenters. The molecule has 3 amide bonds. The Morgan fingerprint density at radius 2 is 2.04 bits per heavy atom. The molecule has 0 radical (unpaired) electrons. The maximum absolute atomic E-state index is 12.6. The highest BCUT2D eigenvalue weighted by molar-refractivity contribution is 8.18. The highest BCUT2D eigenvalue weighted by Gasteiger charge is 2.34. The first-order valence-electron chi connectivity index (χ1n) is 9.25. The number of rotatable bonds is 9. The largest absolute Gasteiger partial charge is 0.493 e. The van der Waals surface area contributed by atoms with Gasteiger partial charge in [0.05, 0.1) is 18.6 Å². The van der Waals surface area contributed by atoms with Crippen LogP contribution < -0.4 is 14.8 Å². The van der Waals surface area contributed by atoms with E-state index in [9.17, 15) is 14.4 Å². The molecule has 1 N–H and O–H groups in total. The molecule has 1 aromatic carbocycles. The summed E-state index contributed by atoms with van der Waals surface area (Å²) in [4.78, 5) is 38.0. The monoisotopic (exact) mass is 406 g/mol. The number of amides is 3. The Labute approximate surface area is 169 Å². The lowest BCUT2D eigenvalue weighted by atomic mass is 10.1. The summed E-state index contributed by atoms with van der Waals surface area (Å²) in [6.07, 6.45) is 2.39. The minimum Gasteiger partial charge on any atom is -0.493 e. The standard InChI is InChI=1S/C20H26N2O5S/c1-5-13(3)18(23)21-9-10-22-19(24)17(28-20(22)25)12-14-7-8-15(27-6-2)16(11-14)26-4/h7-8,11-13H,5-6,9-10H2,1-4H3,(H,21,23)/b17-12+/t13-/m1/s1. The van der Waals surface area contributed by atoms with Crippen LogP contribution in [-0.2, 0) is 9.59 Å². The third kappa shape index (κ3) is 5.28. The van der Waals surface area contributed by atoms with Crippen molar-refractivity contribution in [3.8, 4) is 11.5 Å². The van der Waals surface area contributed by atoms with Crippen LogP contribution in [0.3, 0.4) is 0 Å². The molecule has 1 aromatic rings. The van der Waals surface area contributed by atoms with E-state index in [1.54, 1.807) is 31.4 Å². The fraction of sp³-hybridized carbons (Fsp3) is 0.450. The first kappa shape index (κ1) is 21.8. The average Bonchev–Trinajstić information content (AvgIpc) is 2.95. The summed E-state index contributed by atoms with van der Waals surface area (Å²) in [5, 5.41) is 2.41. The Hall–Kier alpha value is -2.48. The fourth-order valence-electron chi connectivity index (χ4n) is 2.54. The maximum atomic E-state index is 12.6. The van der Waals surface area contributed by atoms with Crippen molar-refractivity contribution in [2.24, 2.45) is 5.92 Å². The number of benzene rings is 1. The number of hydrogen-bond donors (Lipinski definition) is 1. The summed E-state index contributed by atoms with van der Waals surface area (Å²) in [6.45, 7) is 6.56. The molecular formula is C20H26N2O5S. The predicted molar refractivity (Wildman–Crippen MR) is 109 cm³/mol. The van der Waals surface area contributed by atoms with Crippen LogP contribution in [0.25, 0.3) is 6.08 Å². The van der Waals surface area contributed by atoms with Gasteiger partial charge < -0.3 is 14.8 Å². The van der Waals surface area contributed by atoms with E-state index in [2.05, 4.69) is 5.32 Å². The third-order valence-corrected chi connectivity index (χ3v) is 5.26. The van der Waals surface area contributed by atoms with Crippen molar-refractivity contribution in [2.45, 2.75) is 27.2 Å². The molecule has 0 saturated carbocycles. The Morgan fingerprint density at radius 3 is 2.68 bits per heavy atom. The molecule has 28 heavy (non-hydrogen) atoms. The molecule has 0 aliphatic carbocycles. The molecule has 0 aromatic heterocycles. The number of thioether (sulfide) groups is 1. The molecular weight excluding hydrogens is 380 g/mol. The number of methoxy groups -OCH3 is 1. The van der Waals surface area contributed by atoms with Gasteiger partial charge in [-0.2, -0.15) is 0 Å². The van der Waals surface area contributed by atoms with E-state index in [1.807, 2.05) is 20.8 Å². The Morgan fingerprint density at radius 1 is 1.29 bits per heavy atom. The number of imide groups is 1. The summed E-state index contributed by atoms with van der Waals surface area (Å²) in [6, 6.07) is 5.32.